The summed E-state index contributed by atoms with van der Waals surface area (Å²) in [6, 6.07) is -1.16. The molecule has 9 unspecified atom stereocenters. The standard InChI is InChI=1S/C27H51NO10/c1-3-5-7-8-9-10-11-12-13-15-20(31)26(36)28-18(22(32)19(30)14-6-4-2)17-37-27-25(35)24(34)23(33)21(16-29)38-27/h8-9,18-25,27,29-35H,3-7,10-17H2,1-2H3,(H,28,36)/b9-8-. The van der Waals surface area contributed by atoms with E-state index in [0.29, 0.717) is 12.8 Å². The molecule has 1 aliphatic heterocycles. The number of hydrogen-bond donors (Lipinski definition) is 8. The van der Waals surface area contributed by atoms with Gasteiger partial charge in [-0.2, -0.15) is 0 Å². The molecule has 1 aliphatic rings. The summed E-state index contributed by atoms with van der Waals surface area (Å²) >= 11 is 0. The zero-order chi connectivity index (χ0) is 28.5. The van der Waals surface area contributed by atoms with Crippen molar-refractivity contribution in [2.45, 2.75) is 140 Å². The Morgan fingerprint density at radius 2 is 1.55 bits per heavy atom. The molecule has 1 fully saturated rings. The number of rotatable bonds is 20. The van der Waals surface area contributed by atoms with Crippen LogP contribution >= 0.6 is 0 Å². The molecule has 224 valence electrons. The molecule has 11 heteroatoms. The van der Waals surface area contributed by atoms with Crippen LogP contribution in [0.1, 0.15) is 84.5 Å². The lowest BCUT2D eigenvalue weighted by molar-refractivity contribution is -0.303. The van der Waals surface area contributed by atoms with Crippen molar-refractivity contribution in [1.29, 1.82) is 0 Å². The van der Waals surface area contributed by atoms with E-state index in [2.05, 4.69) is 24.4 Å². The van der Waals surface area contributed by atoms with Crippen LogP contribution < -0.4 is 5.32 Å². The molecule has 38 heavy (non-hydrogen) atoms. The van der Waals surface area contributed by atoms with E-state index < -0.39 is 74.2 Å². The summed E-state index contributed by atoms with van der Waals surface area (Å²) in [5, 5.41) is 73.4. The average molecular weight is 550 g/mol. The fraction of sp³-hybridized carbons (Fsp3) is 0.889. The summed E-state index contributed by atoms with van der Waals surface area (Å²) in [4.78, 5) is 12.7. The molecule has 0 aliphatic carbocycles. The second-order valence-electron chi connectivity index (χ2n) is 10.1. The summed E-state index contributed by atoms with van der Waals surface area (Å²) < 4.78 is 10.8. The Balaban J connectivity index is 2.66. The Hall–Kier alpha value is -1.15. The molecule has 9 atom stereocenters. The highest BCUT2D eigenvalue weighted by Gasteiger charge is 2.44. The maximum Gasteiger partial charge on any atom is 0.249 e. The van der Waals surface area contributed by atoms with Crippen LogP contribution in [0.15, 0.2) is 12.2 Å². The quantitative estimate of drug-likeness (QED) is 0.0772. The fourth-order valence-corrected chi connectivity index (χ4v) is 4.23. The van der Waals surface area contributed by atoms with E-state index in [1.165, 1.54) is 12.8 Å². The van der Waals surface area contributed by atoms with Gasteiger partial charge < -0.3 is 50.5 Å². The molecule has 1 amide bonds. The Bertz CT molecular complexity index is 649. The first-order valence-electron chi connectivity index (χ1n) is 14.1. The maximum atomic E-state index is 12.7. The molecule has 1 rings (SSSR count). The Kier molecular flexibility index (Phi) is 18.2. The van der Waals surface area contributed by atoms with Crippen molar-refractivity contribution < 1.29 is 50.0 Å². The van der Waals surface area contributed by atoms with Crippen LogP contribution in [0, 0.1) is 0 Å². The van der Waals surface area contributed by atoms with Gasteiger partial charge in [-0.05, 0) is 32.1 Å². The van der Waals surface area contributed by atoms with E-state index >= 15 is 0 Å². The third-order valence-electron chi connectivity index (χ3n) is 6.82. The number of amides is 1. The second-order valence-corrected chi connectivity index (χ2v) is 10.1. The van der Waals surface area contributed by atoms with Gasteiger partial charge in [0.05, 0.1) is 25.4 Å². The predicted molar refractivity (Wildman–Crippen MR) is 141 cm³/mol. The van der Waals surface area contributed by atoms with Crippen molar-refractivity contribution in [3.63, 3.8) is 0 Å². The zero-order valence-electron chi connectivity index (χ0n) is 22.9. The molecule has 0 saturated carbocycles. The van der Waals surface area contributed by atoms with Crippen LogP contribution in [0.5, 0.6) is 0 Å². The number of nitrogens with one attached hydrogen (secondary N) is 1. The topological polar surface area (TPSA) is 189 Å². The van der Waals surface area contributed by atoms with Crippen LogP contribution in [-0.4, -0.2) is 110 Å². The number of carbonyl (C=O) groups is 1. The van der Waals surface area contributed by atoms with Crippen molar-refractivity contribution in [2.75, 3.05) is 13.2 Å². The molecule has 11 nitrogen and oxygen atoms in total. The lowest BCUT2D eigenvalue weighted by Gasteiger charge is -2.40. The van der Waals surface area contributed by atoms with Crippen molar-refractivity contribution in [2.24, 2.45) is 0 Å². The normalized spacial score (nSPS) is 27.2. The van der Waals surface area contributed by atoms with E-state index in [1.54, 1.807) is 0 Å². The number of hydrogen-bond acceptors (Lipinski definition) is 10. The molecule has 1 saturated heterocycles. The molecule has 0 aromatic rings. The van der Waals surface area contributed by atoms with Crippen molar-refractivity contribution >= 4 is 5.91 Å². The van der Waals surface area contributed by atoms with Crippen LogP contribution in [-0.2, 0) is 14.3 Å². The lowest BCUT2D eigenvalue weighted by Crippen LogP contribution is -2.60. The highest BCUT2D eigenvalue weighted by molar-refractivity contribution is 5.80. The summed E-state index contributed by atoms with van der Waals surface area (Å²) in [7, 11) is 0. The Morgan fingerprint density at radius 3 is 2.18 bits per heavy atom. The molecular formula is C27H51NO10. The smallest absolute Gasteiger partial charge is 0.249 e. The lowest BCUT2D eigenvalue weighted by atomic mass is 9.99. The van der Waals surface area contributed by atoms with E-state index in [-0.39, 0.29) is 12.8 Å². The maximum absolute atomic E-state index is 12.7. The van der Waals surface area contributed by atoms with Gasteiger partial charge in [0.15, 0.2) is 6.29 Å². The van der Waals surface area contributed by atoms with Gasteiger partial charge in [-0.1, -0.05) is 64.5 Å². The van der Waals surface area contributed by atoms with Crippen molar-refractivity contribution in [3.8, 4) is 0 Å². The van der Waals surface area contributed by atoms with Gasteiger partial charge in [0.2, 0.25) is 5.91 Å². The molecule has 0 aromatic heterocycles. The number of ether oxygens (including phenoxy) is 2. The minimum Gasteiger partial charge on any atom is -0.394 e. The molecule has 0 radical (unpaired) electrons. The number of allylic oxidation sites excluding steroid dienone is 2. The fourth-order valence-electron chi connectivity index (χ4n) is 4.23. The van der Waals surface area contributed by atoms with Crippen molar-refractivity contribution in [3.05, 3.63) is 12.2 Å². The van der Waals surface area contributed by atoms with Gasteiger partial charge >= 0.3 is 0 Å². The van der Waals surface area contributed by atoms with Crippen LogP contribution in [0.4, 0.5) is 0 Å². The highest BCUT2D eigenvalue weighted by Crippen LogP contribution is 2.22. The summed E-state index contributed by atoms with van der Waals surface area (Å²) in [6.45, 7) is 3.01. The van der Waals surface area contributed by atoms with Gasteiger partial charge in [-0.15, -0.1) is 0 Å². The highest BCUT2D eigenvalue weighted by atomic mass is 16.7. The van der Waals surface area contributed by atoms with E-state index in [4.69, 9.17) is 9.47 Å². The second kappa shape index (κ2) is 19.8. The van der Waals surface area contributed by atoms with Crippen molar-refractivity contribution in [1.82, 2.24) is 5.32 Å². The van der Waals surface area contributed by atoms with E-state index in [1.807, 2.05) is 6.92 Å². The minimum atomic E-state index is -1.65. The SMILES string of the molecule is CCCC/C=C\CCCCCC(O)C(=O)NC(COC1OC(CO)C(O)C(O)C1O)C(O)C(O)CCCC. The molecule has 8 N–H and O–H groups in total. The first kappa shape index (κ1) is 34.9. The van der Waals surface area contributed by atoms with Crippen LogP contribution in [0.25, 0.3) is 0 Å². The average Bonchev–Trinajstić information content (AvgIpc) is 2.91. The minimum absolute atomic E-state index is 0.236. The third kappa shape index (κ3) is 12.4. The number of carbonyl (C=O) groups excluding carboxylic acids is 1. The van der Waals surface area contributed by atoms with Gasteiger partial charge in [0.1, 0.15) is 36.6 Å². The first-order chi connectivity index (χ1) is 18.2. The number of aliphatic hydroxyl groups excluding tert-OH is 7. The Morgan fingerprint density at radius 1 is 0.895 bits per heavy atom. The predicted octanol–water partition coefficient (Wildman–Crippen LogP) is 0.258. The zero-order valence-corrected chi connectivity index (χ0v) is 22.9. The van der Waals surface area contributed by atoms with Gasteiger partial charge in [0, 0.05) is 0 Å². The van der Waals surface area contributed by atoms with E-state index in [0.717, 1.165) is 32.1 Å². The monoisotopic (exact) mass is 549 g/mol. The summed E-state index contributed by atoms with van der Waals surface area (Å²) in [6.07, 6.45) is 1.66. The van der Waals surface area contributed by atoms with Crippen LogP contribution in [0.2, 0.25) is 0 Å². The molecule has 0 bridgehead atoms. The number of aliphatic hydroxyl groups is 7. The van der Waals surface area contributed by atoms with E-state index in [9.17, 15) is 40.5 Å². The number of unbranched alkanes of at least 4 members (excludes halogenated alkanes) is 6. The molecule has 0 aromatic carbocycles. The first-order valence-corrected chi connectivity index (χ1v) is 14.1. The molecular weight excluding hydrogens is 498 g/mol. The largest absolute Gasteiger partial charge is 0.394 e. The third-order valence-corrected chi connectivity index (χ3v) is 6.82. The van der Waals surface area contributed by atoms with Gasteiger partial charge in [-0.3, -0.25) is 4.79 Å². The summed E-state index contributed by atoms with van der Waals surface area (Å²) in [5.41, 5.74) is 0. The van der Waals surface area contributed by atoms with Gasteiger partial charge in [-0.25, -0.2) is 0 Å². The Labute approximate surface area is 226 Å². The summed E-state index contributed by atoms with van der Waals surface area (Å²) in [5.74, 6) is -0.728. The molecule has 0 spiro atoms. The molecule has 1 heterocycles. The van der Waals surface area contributed by atoms with Crippen LogP contribution in [0.3, 0.4) is 0 Å². The van der Waals surface area contributed by atoms with Gasteiger partial charge in [0.25, 0.3) is 0 Å².